The average Bonchev–Trinajstić information content (AvgIpc) is 2.54. The molecule has 2 aromatic carbocycles. The molecule has 21 heavy (non-hydrogen) atoms. The second-order valence-corrected chi connectivity index (χ2v) is 5.91. The van der Waals surface area contributed by atoms with E-state index < -0.39 is 0 Å². The summed E-state index contributed by atoms with van der Waals surface area (Å²) >= 11 is 7.82. The van der Waals surface area contributed by atoms with Gasteiger partial charge in [0.1, 0.15) is 5.75 Å². The zero-order chi connectivity index (χ0) is 14.9. The Bertz CT molecular complexity index is 548. The van der Waals surface area contributed by atoms with Crippen LogP contribution in [0.1, 0.15) is 12.5 Å². The number of anilines is 1. The second-order valence-electron chi connectivity index (χ2n) is 4.48. The van der Waals surface area contributed by atoms with Crippen LogP contribution in [0.2, 0.25) is 0 Å². The average molecular weight is 322 g/mol. The van der Waals surface area contributed by atoms with Gasteiger partial charge >= 0.3 is 0 Å². The summed E-state index contributed by atoms with van der Waals surface area (Å²) in [4.78, 5) is 1.30. The van der Waals surface area contributed by atoms with Crippen LogP contribution in [0.5, 0.6) is 5.75 Å². The highest BCUT2D eigenvalue weighted by Crippen LogP contribution is 2.25. The largest absolute Gasteiger partial charge is 0.494 e. The van der Waals surface area contributed by atoms with Crippen LogP contribution in [0.4, 0.5) is 5.69 Å². The molecule has 2 rings (SSSR count). The van der Waals surface area contributed by atoms with Crippen LogP contribution in [0, 0.1) is 0 Å². The number of rotatable bonds is 8. The van der Waals surface area contributed by atoms with E-state index >= 15 is 0 Å². The van der Waals surface area contributed by atoms with Crippen molar-refractivity contribution in [2.45, 2.75) is 17.7 Å². The molecule has 0 aliphatic carbocycles. The Hall–Kier alpha value is -1.32. The van der Waals surface area contributed by atoms with Crippen molar-refractivity contribution in [1.29, 1.82) is 0 Å². The lowest BCUT2D eigenvalue weighted by molar-refractivity contribution is 0.337. The molecule has 0 bridgehead atoms. The van der Waals surface area contributed by atoms with Crippen molar-refractivity contribution in [3.05, 3.63) is 54.1 Å². The maximum absolute atomic E-state index is 5.97. The van der Waals surface area contributed by atoms with E-state index in [9.17, 15) is 0 Å². The summed E-state index contributed by atoms with van der Waals surface area (Å²) in [6.07, 6.45) is 0. The number of thioether (sulfide) groups is 1. The van der Waals surface area contributed by atoms with E-state index in [1.54, 1.807) is 0 Å². The van der Waals surface area contributed by atoms with Crippen LogP contribution in [0.3, 0.4) is 0 Å². The molecule has 0 heterocycles. The standard InChI is InChI=1S/C17H20ClNOS/c1-2-20-17-9-8-15(12-14(17)13-18)19-10-11-21-16-6-4-3-5-7-16/h3-9,12,19H,2,10-11,13H2,1H3. The molecule has 0 unspecified atom stereocenters. The van der Waals surface area contributed by atoms with Gasteiger partial charge in [-0.2, -0.15) is 0 Å². The van der Waals surface area contributed by atoms with Crippen LogP contribution in [-0.4, -0.2) is 18.9 Å². The fraction of sp³-hybridized carbons (Fsp3) is 0.294. The zero-order valence-corrected chi connectivity index (χ0v) is 13.7. The number of hydrogen-bond donors (Lipinski definition) is 1. The topological polar surface area (TPSA) is 21.3 Å². The van der Waals surface area contributed by atoms with Crippen molar-refractivity contribution in [2.75, 3.05) is 24.2 Å². The van der Waals surface area contributed by atoms with Crippen molar-refractivity contribution < 1.29 is 4.74 Å². The summed E-state index contributed by atoms with van der Waals surface area (Å²) in [6.45, 7) is 3.55. The maximum atomic E-state index is 5.97. The summed E-state index contributed by atoms with van der Waals surface area (Å²) in [6, 6.07) is 16.5. The van der Waals surface area contributed by atoms with E-state index in [4.69, 9.17) is 16.3 Å². The number of benzene rings is 2. The SMILES string of the molecule is CCOc1ccc(NCCSc2ccccc2)cc1CCl. The van der Waals surface area contributed by atoms with Crippen molar-refractivity contribution in [3.8, 4) is 5.75 Å². The molecular formula is C17H20ClNOS. The minimum absolute atomic E-state index is 0.462. The van der Waals surface area contributed by atoms with Gasteiger partial charge in [0.15, 0.2) is 0 Å². The Balaban J connectivity index is 1.83. The van der Waals surface area contributed by atoms with Crippen molar-refractivity contribution in [2.24, 2.45) is 0 Å². The van der Waals surface area contributed by atoms with Gasteiger partial charge in [-0.05, 0) is 37.3 Å². The number of hydrogen-bond acceptors (Lipinski definition) is 3. The quantitative estimate of drug-likeness (QED) is 0.418. The normalized spacial score (nSPS) is 10.4. The van der Waals surface area contributed by atoms with E-state index in [0.717, 1.165) is 29.3 Å². The van der Waals surface area contributed by atoms with Crippen LogP contribution in [-0.2, 0) is 5.88 Å². The predicted octanol–water partition coefficient (Wildman–Crippen LogP) is 5.03. The Kier molecular flexibility index (Phi) is 6.77. The van der Waals surface area contributed by atoms with Gasteiger partial charge in [-0.1, -0.05) is 18.2 Å². The fourth-order valence-electron chi connectivity index (χ4n) is 1.97. The first-order chi connectivity index (χ1) is 10.3. The van der Waals surface area contributed by atoms with Gasteiger partial charge in [0.05, 0.1) is 12.5 Å². The van der Waals surface area contributed by atoms with E-state index in [1.807, 2.05) is 36.9 Å². The van der Waals surface area contributed by atoms with E-state index in [1.165, 1.54) is 4.90 Å². The third kappa shape index (κ3) is 5.18. The molecule has 1 N–H and O–H groups in total. The third-order valence-electron chi connectivity index (χ3n) is 2.95. The van der Waals surface area contributed by atoms with E-state index in [2.05, 4.69) is 35.6 Å². The number of halogens is 1. The summed E-state index contributed by atoms with van der Waals surface area (Å²) < 4.78 is 5.55. The van der Waals surface area contributed by atoms with Crippen molar-refractivity contribution in [1.82, 2.24) is 0 Å². The highest BCUT2D eigenvalue weighted by atomic mass is 35.5. The van der Waals surface area contributed by atoms with E-state index in [-0.39, 0.29) is 0 Å². The first kappa shape index (κ1) is 16.1. The predicted molar refractivity (Wildman–Crippen MR) is 92.8 cm³/mol. The van der Waals surface area contributed by atoms with Crippen LogP contribution in [0.25, 0.3) is 0 Å². The molecule has 4 heteroatoms. The molecule has 0 aliphatic heterocycles. The first-order valence-corrected chi connectivity index (χ1v) is 8.59. The molecule has 0 saturated heterocycles. The Morgan fingerprint density at radius 2 is 1.95 bits per heavy atom. The van der Waals surface area contributed by atoms with Gasteiger partial charge in [-0.3, -0.25) is 0 Å². The van der Waals surface area contributed by atoms with Crippen LogP contribution in [0.15, 0.2) is 53.4 Å². The van der Waals surface area contributed by atoms with Crippen molar-refractivity contribution in [3.63, 3.8) is 0 Å². The van der Waals surface area contributed by atoms with Gasteiger partial charge < -0.3 is 10.1 Å². The van der Waals surface area contributed by atoms with Gasteiger partial charge in [-0.25, -0.2) is 0 Å². The fourth-order valence-corrected chi connectivity index (χ4v) is 2.97. The molecule has 0 atom stereocenters. The Morgan fingerprint density at radius 3 is 2.67 bits per heavy atom. The minimum atomic E-state index is 0.462. The maximum Gasteiger partial charge on any atom is 0.123 e. The molecule has 0 fully saturated rings. The summed E-state index contributed by atoms with van der Waals surface area (Å²) in [5.41, 5.74) is 2.11. The molecule has 2 nitrogen and oxygen atoms in total. The molecule has 2 aromatic rings. The van der Waals surface area contributed by atoms with Crippen molar-refractivity contribution >= 4 is 29.1 Å². The summed E-state index contributed by atoms with van der Waals surface area (Å²) in [5.74, 6) is 2.36. The van der Waals surface area contributed by atoms with Gasteiger partial charge in [0.25, 0.3) is 0 Å². The molecule has 0 spiro atoms. The Labute approximate surface area is 135 Å². The van der Waals surface area contributed by atoms with Crippen LogP contribution < -0.4 is 10.1 Å². The van der Waals surface area contributed by atoms with Crippen LogP contribution >= 0.6 is 23.4 Å². The lowest BCUT2D eigenvalue weighted by atomic mass is 10.2. The van der Waals surface area contributed by atoms with Gasteiger partial charge in [0, 0.05) is 28.4 Å². The van der Waals surface area contributed by atoms with Gasteiger partial charge in [-0.15, -0.1) is 23.4 Å². The molecule has 0 amide bonds. The molecule has 0 saturated carbocycles. The molecular weight excluding hydrogens is 302 g/mol. The molecule has 0 radical (unpaired) electrons. The zero-order valence-electron chi connectivity index (χ0n) is 12.1. The smallest absolute Gasteiger partial charge is 0.123 e. The first-order valence-electron chi connectivity index (χ1n) is 7.07. The number of alkyl halides is 1. The second kappa shape index (κ2) is 8.85. The minimum Gasteiger partial charge on any atom is -0.494 e. The lowest BCUT2D eigenvalue weighted by Crippen LogP contribution is -2.05. The van der Waals surface area contributed by atoms with Gasteiger partial charge in [0.2, 0.25) is 0 Å². The number of nitrogens with one attached hydrogen (secondary N) is 1. The third-order valence-corrected chi connectivity index (χ3v) is 4.25. The molecule has 0 aliphatic rings. The lowest BCUT2D eigenvalue weighted by Gasteiger charge is -2.12. The summed E-state index contributed by atoms with van der Waals surface area (Å²) in [5, 5.41) is 3.42. The summed E-state index contributed by atoms with van der Waals surface area (Å²) in [7, 11) is 0. The highest BCUT2D eigenvalue weighted by Gasteiger charge is 2.03. The molecule has 0 aromatic heterocycles. The Morgan fingerprint density at radius 1 is 1.14 bits per heavy atom. The highest BCUT2D eigenvalue weighted by molar-refractivity contribution is 7.99. The van der Waals surface area contributed by atoms with E-state index in [0.29, 0.717) is 12.5 Å². The monoisotopic (exact) mass is 321 g/mol. The number of ether oxygens (including phenoxy) is 1. The molecule has 112 valence electrons.